The van der Waals surface area contributed by atoms with Crippen LogP contribution in [0.3, 0.4) is 0 Å². The number of methoxy groups -OCH3 is 1. The van der Waals surface area contributed by atoms with Crippen LogP contribution in [0, 0.1) is 0 Å². The van der Waals surface area contributed by atoms with Gasteiger partial charge < -0.3 is 4.74 Å². The Labute approximate surface area is 99.8 Å². The molecule has 1 aromatic heterocycles. The Hall–Kier alpha value is -2.10. The van der Waals surface area contributed by atoms with E-state index in [0.29, 0.717) is 5.69 Å². The predicted octanol–water partition coefficient (Wildman–Crippen LogP) is 2.39. The van der Waals surface area contributed by atoms with Crippen molar-refractivity contribution in [1.29, 1.82) is 0 Å². The second-order valence-corrected chi connectivity index (χ2v) is 3.62. The molecule has 0 fully saturated rings. The average Bonchev–Trinajstić information content (AvgIpc) is 2.82. The third kappa shape index (κ3) is 2.20. The standard InChI is InChI=1S/C13H14N2O2/c1-3-15-13(8-11(9-16)14-15)10-5-4-6-12(7-10)17-2/h4-9H,3H2,1-2H3. The first-order chi connectivity index (χ1) is 8.28. The largest absolute Gasteiger partial charge is 0.497 e. The third-order valence-electron chi connectivity index (χ3n) is 2.58. The number of nitrogens with zero attached hydrogens (tertiary/aromatic N) is 2. The van der Waals surface area contributed by atoms with Crippen molar-refractivity contribution < 1.29 is 9.53 Å². The van der Waals surface area contributed by atoms with Crippen molar-refractivity contribution in [3.05, 3.63) is 36.0 Å². The third-order valence-corrected chi connectivity index (χ3v) is 2.58. The number of aromatic nitrogens is 2. The van der Waals surface area contributed by atoms with Gasteiger partial charge in [-0.15, -0.1) is 0 Å². The minimum atomic E-state index is 0.449. The van der Waals surface area contributed by atoms with Crippen LogP contribution in [0.2, 0.25) is 0 Å². The lowest BCUT2D eigenvalue weighted by Crippen LogP contribution is -1.99. The van der Waals surface area contributed by atoms with Crippen molar-refractivity contribution in [2.75, 3.05) is 7.11 Å². The van der Waals surface area contributed by atoms with E-state index in [1.807, 2.05) is 31.2 Å². The monoisotopic (exact) mass is 230 g/mol. The van der Waals surface area contributed by atoms with Crippen LogP contribution in [0.1, 0.15) is 17.4 Å². The van der Waals surface area contributed by atoms with E-state index in [1.165, 1.54) is 0 Å². The summed E-state index contributed by atoms with van der Waals surface area (Å²) in [7, 11) is 1.63. The summed E-state index contributed by atoms with van der Waals surface area (Å²) in [5, 5.41) is 4.19. The molecule has 0 atom stereocenters. The van der Waals surface area contributed by atoms with Crippen LogP contribution in [0.15, 0.2) is 30.3 Å². The van der Waals surface area contributed by atoms with E-state index in [-0.39, 0.29) is 0 Å². The molecule has 0 N–H and O–H groups in total. The summed E-state index contributed by atoms with van der Waals surface area (Å²) in [5.41, 5.74) is 2.37. The summed E-state index contributed by atoms with van der Waals surface area (Å²) in [6.07, 6.45) is 0.760. The minimum Gasteiger partial charge on any atom is -0.497 e. The normalized spacial score (nSPS) is 10.2. The van der Waals surface area contributed by atoms with Gasteiger partial charge in [0.2, 0.25) is 0 Å². The molecule has 4 heteroatoms. The molecule has 0 radical (unpaired) electrons. The highest BCUT2D eigenvalue weighted by molar-refractivity contribution is 5.75. The zero-order valence-electron chi connectivity index (χ0n) is 9.88. The number of carbonyl (C=O) groups excluding carboxylic acids is 1. The molecule has 0 aliphatic carbocycles. The minimum absolute atomic E-state index is 0.449. The lowest BCUT2D eigenvalue weighted by Gasteiger charge is -2.06. The van der Waals surface area contributed by atoms with E-state index in [1.54, 1.807) is 17.9 Å². The highest BCUT2D eigenvalue weighted by atomic mass is 16.5. The Morgan fingerprint density at radius 2 is 2.24 bits per heavy atom. The van der Waals surface area contributed by atoms with Crippen LogP contribution in [0.4, 0.5) is 0 Å². The van der Waals surface area contributed by atoms with E-state index in [2.05, 4.69) is 5.10 Å². The number of carbonyl (C=O) groups is 1. The molecule has 0 bridgehead atoms. The van der Waals surface area contributed by atoms with Gasteiger partial charge in [0.05, 0.1) is 12.8 Å². The molecule has 1 heterocycles. The van der Waals surface area contributed by atoms with E-state index >= 15 is 0 Å². The molecule has 0 aliphatic heterocycles. The quantitative estimate of drug-likeness (QED) is 0.757. The van der Waals surface area contributed by atoms with Gasteiger partial charge in [-0.25, -0.2) is 0 Å². The van der Waals surface area contributed by atoms with Crippen molar-refractivity contribution in [2.24, 2.45) is 0 Å². The number of benzene rings is 1. The van der Waals surface area contributed by atoms with E-state index < -0.39 is 0 Å². The fourth-order valence-electron chi connectivity index (χ4n) is 1.75. The molecule has 2 rings (SSSR count). The van der Waals surface area contributed by atoms with E-state index in [0.717, 1.165) is 29.8 Å². The number of rotatable bonds is 4. The Morgan fingerprint density at radius 3 is 2.88 bits per heavy atom. The number of ether oxygens (including phenoxy) is 1. The predicted molar refractivity (Wildman–Crippen MR) is 65.3 cm³/mol. The summed E-state index contributed by atoms with van der Waals surface area (Å²) in [5.74, 6) is 0.791. The second kappa shape index (κ2) is 4.82. The van der Waals surface area contributed by atoms with Crippen LogP contribution >= 0.6 is 0 Å². The molecule has 2 aromatic rings. The van der Waals surface area contributed by atoms with Gasteiger partial charge in [-0.05, 0) is 25.1 Å². The fourth-order valence-corrected chi connectivity index (χ4v) is 1.75. The van der Waals surface area contributed by atoms with Crippen molar-refractivity contribution in [3.8, 4) is 17.0 Å². The first-order valence-electron chi connectivity index (χ1n) is 5.46. The zero-order valence-corrected chi connectivity index (χ0v) is 9.88. The van der Waals surface area contributed by atoms with Gasteiger partial charge in [-0.3, -0.25) is 9.48 Å². The summed E-state index contributed by atoms with van der Waals surface area (Å²) >= 11 is 0. The van der Waals surface area contributed by atoms with Gasteiger partial charge >= 0.3 is 0 Å². The molecule has 4 nitrogen and oxygen atoms in total. The first kappa shape index (κ1) is 11.4. The maximum atomic E-state index is 10.7. The molecule has 0 saturated carbocycles. The van der Waals surface area contributed by atoms with Crippen LogP contribution < -0.4 is 4.74 Å². The SMILES string of the molecule is CCn1nc(C=O)cc1-c1cccc(OC)c1. The van der Waals surface area contributed by atoms with Gasteiger partial charge in [0.15, 0.2) is 6.29 Å². The highest BCUT2D eigenvalue weighted by Gasteiger charge is 2.08. The zero-order chi connectivity index (χ0) is 12.3. The van der Waals surface area contributed by atoms with Gasteiger partial charge in [0.1, 0.15) is 11.4 Å². The summed E-state index contributed by atoms with van der Waals surface area (Å²) in [6.45, 7) is 2.71. The molecule has 0 unspecified atom stereocenters. The van der Waals surface area contributed by atoms with Crippen molar-refractivity contribution in [3.63, 3.8) is 0 Å². The maximum Gasteiger partial charge on any atom is 0.170 e. The van der Waals surface area contributed by atoms with E-state index in [4.69, 9.17) is 4.74 Å². The van der Waals surface area contributed by atoms with Gasteiger partial charge in [-0.2, -0.15) is 5.10 Å². The van der Waals surface area contributed by atoms with Gasteiger partial charge in [0.25, 0.3) is 0 Å². The molecule has 1 aromatic carbocycles. The van der Waals surface area contributed by atoms with Crippen LogP contribution in [-0.2, 0) is 6.54 Å². The van der Waals surface area contributed by atoms with Crippen LogP contribution in [0.25, 0.3) is 11.3 Å². The lowest BCUT2D eigenvalue weighted by atomic mass is 10.1. The van der Waals surface area contributed by atoms with Crippen molar-refractivity contribution >= 4 is 6.29 Å². The first-order valence-corrected chi connectivity index (χ1v) is 5.46. The number of hydrogen-bond acceptors (Lipinski definition) is 3. The van der Waals surface area contributed by atoms with Crippen LogP contribution in [0.5, 0.6) is 5.75 Å². The van der Waals surface area contributed by atoms with Crippen molar-refractivity contribution in [2.45, 2.75) is 13.5 Å². The number of aldehydes is 1. The van der Waals surface area contributed by atoms with Crippen LogP contribution in [-0.4, -0.2) is 23.2 Å². The van der Waals surface area contributed by atoms with Gasteiger partial charge in [-0.1, -0.05) is 12.1 Å². The molecule has 0 amide bonds. The molecular formula is C13H14N2O2. The molecule has 0 saturated heterocycles. The highest BCUT2D eigenvalue weighted by Crippen LogP contribution is 2.24. The lowest BCUT2D eigenvalue weighted by molar-refractivity contribution is 0.111. The number of hydrogen-bond donors (Lipinski definition) is 0. The molecule has 0 aliphatic rings. The average molecular weight is 230 g/mol. The summed E-state index contributed by atoms with van der Waals surface area (Å²) in [4.78, 5) is 10.7. The molecule has 0 spiro atoms. The fraction of sp³-hybridized carbons (Fsp3) is 0.231. The van der Waals surface area contributed by atoms with Crippen molar-refractivity contribution in [1.82, 2.24) is 9.78 Å². The Morgan fingerprint density at radius 1 is 1.41 bits per heavy atom. The number of aryl methyl sites for hydroxylation is 1. The Bertz CT molecular complexity index is 532. The molecular weight excluding hydrogens is 216 g/mol. The molecule has 88 valence electrons. The maximum absolute atomic E-state index is 10.7. The Balaban J connectivity index is 2.50. The summed E-state index contributed by atoms with van der Waals surface area (Å²) in [6, 6.07) is 9.49. The second-order valence-electron chi connectivity index (χ2n) is 3.62. The van der Waals surface area contributed by atoms with Gasteiger partial charge in [0, 0.05) is 12.1 Å². The smallest absolute Gasteiger partial charge is 0.170 e. The summed E-state index contributed by atoms with van der Waals surface area (Å²) < 4.78 is 6.99. The van der Waals surface area contributed by atoms with E-state index in [9.17, 15) is 4.79 Å². The Kier molecular flexibility index (Phi) is 3.23. The molecule has 17 heavy (non-hydrogen) atoms. The topological polar surface area (TPSA) is 44.1 Å².